The van der Waals surface area contributed by atoms with E-state index in [0.717, 1.165) is 57.3 Å². The van der Waals surface area contributed by atoms with E-state index in [1.807, 2.05) is 0 Å². The van der Waals surface area contributed by atoms with Gasteiger partial charge in [-0.15, -0.1) is 0 Å². The highest BCUT2D eigenvalue weighted by molar-refractivity contribution is 5.39. The lowest BCUT2D eigenvalue weighted by Gasteiger charge is -2.33. The van der Waals surface area contributed by atoms with Crippen LogP contribution in [0.4, 0.5) is 0 Å². The number of fused-ring (bicyclic) bond motifs is 1. The third kappa shape index (κ3) is 5.84. The zero-order chi connectivity index (χ0) is 20.9. The summed E-state index contributed by atoms with van der Waals surface area (Å²) in [6.45, 7) is 9.32. The molecule has 1 saturated carbocycles. The van der Waals surface area contributed by atoms with E-state index >= 15 is 0 Å². The molecule has 2 aliphatic rings. The molecule has 0 spiro atoms. The number of ether oxygens (including phenoxy) is 1. The largest absolute Gasteiger partial charge is 0.493 e. The molecule has 30 heavy (non-hydrogen) atoms. The van der Waals surface area contributed by atoms with Crippen molar-refractivity contribution >= 4 is 0 Å². The zero-order valence-electron chi connectivity index (χ0n) is 18.6. The van der Waals surface area contributed by atoms with Crippen molar-refractivity contribution in [3.05, 3.63) is 64.7 Å². The van der Waals surface area contributed by atoms with Crippen molar-refractivity contribution < 1.29 is 4.74 Å². The maximum absolute atomic E-state index is 6.05. The van der Waals surface area contributed by atoms with Gasteiger partial charge < -0.3 is 10.5 Å². The molecule has 2 unspecified atom stereocenters. The van der Waals surface area contributed by atoms with Gasteiger partial charge >= 0.3 is 0 Å². The number of nitrogens with two attached hydrogens (primary N) is 1. The molecule has 2 aromatic rings. The van der Waals surface area contributed by atoms with E-state index in [9.17, 15) is 0 Å². The average Bonchev–Trinajstić information content (AvgIpc) is 3.57. The Bertz CT molecular complexity index is 816. The topological polar surface area (TPSA) is 50.5 Å². The van der Waals surface area contributed by atoms with Crippen molar-refractivity contribution in [2.24, 2.45) is 11.7 Å². The fraction of sp³-hybridized carbons (Fsp3) is 0.538. The molecule has 4 heteroatoms. The first kappa shape index (κ1) is 21.4. The molecule has 0 aromatic heterocycles. The van der Waals surface area contributed by atoms with Gasteiger partial charge in [0.15, 0.2) is 0 Å². The number of nitrogens with one attached hydrogen (secondary N) is 1. The number of hydrogen-bond donors (Lipinski definition) is 2. The molecule has 4 nitrogen and oxygen atoms in total. The van der Waals surface area contributed by atoms with Crippen LogP contribution in [0.3, 0.4) is 0 Å². The lowest BCUT2D eigenvalue weighted by Crippen LogP contribution is -2.36. The van der Waals surface area contributed by atoms with Gasteiger partial charge in [0.05, 0.1) is 12.8 Å². The smallest absolute Gasteiger partial charge is 0.119 e. The standard InChI is InChI=1S/C26H37N3O/c1-3-4-26(27)28-14-20-5-7-21(8-6-20)16-29-15-19(2)25-13-24(12-11-23(25)17-29)30-18-22-9-10-22/h5-8,11-13,19,22,26,28H,3-4,9-10,14-18,27H2,1-2H3. The normalized spacial score (nSPS) is 20.0. The molecule has 0 bridgehead atoms. The second-order valence-electron chi connectivity index (χ2n) is 9.28. The summed E-state index contributed by atoms with van der Waals surface area (Å²) in [4.78, 5) is 2.56. The van der Waals surface area contributed by atoms with E-state index in [4.69, 9.17) is 10.5 Å². The van der Waals surface area contributed by atoms with Crippen LogP contribution in [0.2, 0.25) is 0 Å². The third-order valence-corrected chi connectivity index (χ3v) is 6.35. The molecule has 2 aromatic carbocycles. The number of hydrogen-bond acceptors (Lipinski definition) is 4. The maximum Gasteiger partial charge on any atom is 0.119 e. The van der Waals surface area contributed by atoms with Gasteiger partial charge in [-0.2, -0.15) is 0 Å². The van der Waals surface area contributed by atoms with Gasteiger partial charge in [0.25, 0.3) is 0 Å². The monoisotopic (exact) mass is 407 g/mol. The summed E-state index contributed by atoms with van der Waals surface area (Å²) < 4.78 is 6.00. The van der Waals surface area contributed by atoms with E-state index < -0.39 is 0 Å². The third-order valence-electron chi connectivity index (χ3n) is 6.35. The minimum absolute atomic E-state index is 0.0872. The average molecular weight is 408 g/mol. The molecule has 2 atom stereocenters. The Balaban J connectivity index is 1.31. The SMILES string of the molecule is CCCC(N)NCc1ccc(CN2Cc3ccc(OCC4CC4)cc3C(C)C2)cc1. The van der Waals surface area contributed by atoms with E-state index in [2.05, 4.69) is 66.5 Å². The van der Waals surface area contributed by atoms with Crippen LogP contribution in [0.5, 0.6) is 5.75 Å². The van der Waals surface area contributed by atoms with E-state index in [0.29, 0.717) is 5.92 Å². The fourth-order valence-electron chi connectivity index (χ4n) is 4.36. The summed E-state index contributed by atoms with van der Waals surface area (Å²) in [5, 5.41) is 3.40. The summed E-state index contributed by atoms with van der Waals surface area (Å²) in [7, 11) is 0. The molecule has 1 aliphatic heterocycles. The minimum Gasteiger partial charge on any atom is -0.493 e. The van der Waals surface area contributed by atoms with Crippen LogP contribution in [0, 0.1) is 5.92 Å². The van der Waals surface area contributed by atoms with Crippen LogP contribution in [0.15, 0.2) is 42.5 Å². The van der Waals surface area contributed by atoms with Crippen LogP contribution in [0.1, 0.15) is 67.7 Å². The first-order chi connectivity index (χ1) is 14.6. The predicted octanol–water partition coefficient (Wildman–Crippen LogP) is 4.77. The first-order valence-electron chi connectivity index (χ1n) is 11.7. The quantitative estimate of drug-likeness (QED) is 0.557. The molecule has 0 saturated heterocycles. The Kier molecular flexibility index (Phi) is 7.08. The van der Waals surface area contributed by atoms with Gasteiger partial charge in [-0.25, -0.2) is 0 Å². The van der Waals surface area contributed by atoms with Gasteiger partial charge in [0.2, 0.25) is 0 Å². The van der Waals surface area contributed by atoms with Crippen LogP contribution in [-0.2, 0) is 19.6 Å². The van der Waals surface area contributed by atoms with E-state index in [-0.39, 0.29) is 6.17 Å². The van der Waals surface area contributed by atoms with Crippen molar-refractivity contribution in [1.29, 1.82) is 0 Å². The van der Waals surface area contributed by atoms with Crippen molar-refractivity contribution in [2.45, 2.75) is 71.2 Å². The molecule has 3 N–H and O–H groups in total. The van der Waals surface area contributed by atoms with Crippen molar-refractivity contribution in [3.8, 4) is 5.75 Å². The molecular formula is C26H37N3O. The summed E-state index contributed by atoms with van der Waals surface area (Å²) >= 11 is 0. The fourth-order valence-corrected chi connectivity index (χ4v) is 4.36. The van der Waals surface area contributed by atoms with Gasteiger partial charge in [0.1, 0.15) is 5.75 Å². The summed E-state index contributed by atoms with van der Waals surface area (Å²) in [5.74, 6) is 2.37. The Hall–Kier alpha value is -1.88. The molecule has 1 aliphatic carbocycles. The summed E-state index contributed by atoms with van der Waals surface area (Å²) in [6.07, 6.45) is 4.88. The van der Waals surface area contributed by atoms with Gasteiger partial charge in [-0.3, -0.25) is 10.2 Å². The van der Waals surface area contributed by atoms with E-state index in [1.54, 1.807) is 0 Å². The lowest BCUT2D eigenvalue weighted by molar-refractivity contribution is 0.225. The van der Waals surface area contributed by atoms with Gasteiger partial charge in [-0.05, 0) is 65.5 Å². The lowest BCUT2D eigenvalue weighted by atomic mass is 9.90. The van der Waals surface area contributed by atoms with Crippen molar-refractivity contribution in [2.75, 3.05) is 13.2 Å². The minimum atomic E-state index is 0.0872. The predicted molar refractivity (Wildman–Crippen MR) is 123 cm³/mol. The molecule has 4 rings (SSSR count). The van der Waals surface area contributed by atoms with Gasteiger partial charge in [0, 0.05) is 26.2 Å². The number of rotatable bonds is 10. The van der Waals surface area contributed by atoms with Crippen LogP contribution < -0.4 is 15.8 Å². The van der Waals surface area contributed by atoms with Crippen LogP contribution in [0.25, 0.3) is 0 Å². The summed E-state index contributed by atoms with van der Waals surface area (Å²) in [6, 6.07) is 15.7. The molecule has 162 valence electrons. The molecule has 1 heterocycles. The Morgan fingerprint density at radius 1 is 1.13 bits per heavy atom. The molecule has 1 fully saturated rings. The second-order valence-corrected chi connectivity index (χ2v) is 9.28. The first-order valence-corrected chi connectivity index (χ1v) is 11.7. The van der Waals surface area contributed by atoms with Crippen LogP contribution in [-0.4, -0.2) is 24.2 Å². The maximum atomic E-state index is 6.05. The highest BCUT2D eigenvalue weighted by Crippen LogP contribution is 2.33. The highest BCUT2D eigenvalue weighted by Gasteiger charge is 2.24. The van der Waals surface area contributed by atoms with Crippen molar-refractivity contribution in [3.63, 3.8) is 0 Å². The van der Waals surface area contributed by atoms with Crippen molar-refractivity contribution in [1.82, 2.24) is 10.2 Å². The summed E-state index contributed by atoms with van der Waals surface area (Å²) in [5.41, 5.74) is 11.6. The Morgan fingerprint density at radius 3 is 2.63 bits per heavy atom. The Morgan fingerprint density at radius 2 is 1.90 bits per heavy atom. The number of nitrogens with zero attached hydrogens (tertiary/aromatic N) is 1. The zero-order valence-corrected chi connectivity index (χ0v) is 18.6. The van der Waals surface area contributed by atoms with E-state index in [1.165, 1.54) is 35.1 Å². The Labute approximate surface area is 181 Å². The number of benzene rings is 2. The molecular weight excluding hydrogens is 370 g/mol. The highest BCUT2D eigenvalue weighted by atomic mass is 16.5. The molecule has 0 radical (unpaired) electrons. The second kappa shape index (κ2) is 9.95. The molecule has 0 amide bonds. The van der Waals surface area contributed by atoms with Gasteiger partial charge in [-0.1, -0.05) is 50.6 Å². The van der Waals surface area contributed by atoms with Crippen LogP contribution >= 0.6 is 0 Å².